The number of rotatable bonds is 7. The zero-order valence-electron chi connectivity index (χ0n) is 17.8. The summed E-state index contributed by atoms with van der Waals surface area (Å²) in [5, 5.41) is 25.0. The zero-order chi connectivity index (χ0) is 23.4. The third-order valence-corrected chi connectivity index (χ3v) is 5.09. The van der Waals surface area contributed by atoms with Crippen LogP contribution in [0, 0.1) is 17.0 Å². The lowest BCUT2D eigenvalue weighted by atomic mass is 10.1. The predicted molar refractivity (Wildman–Crippen MR) is 124 cm³/mol. The van der Waals surface area contributed by atoms with Crippen molar-refractivity contribution in [2.24, 2.45) is 5.10 Å². The van der Waals surface area contributed by atoms with Crippen molar-refractivity contribution in [3.05, 3.63) is 99.4 Å². The molecule has 3 aromatic carbocycles. The molecule has 4 rings (SSSR count). The number of aryl methyl sites for hydroxylation is 1. The number of hydrogen-bond donors (Lipinski definition) is 2. The number of carbonyl (C=O) groups is 1. The molecule has 0 unspecified atom stereocenters. The van der Waals surface area contributed by atoms with Gasteiger partial charge in [-0.05, 0) is 36.2 Å². The molecule has 0 aliphatic carbocycles. The fraction of sp³-hybridized carbons (Fsp3) is 0.125. The number of imidazole rings is 1. The molecule has 0 atom stereocenters. The maximum Gasteiger partial charge on any atom is 0.311 e. The minimum Gasteiger partial charge on any atom is -0.502 e. The normalized spacial score (nSPS) is 11.2. The number of aromatic hydroxyl groups is 1. The van der Waals surface area contributed by atoms with E-state index in [2.05, 4.69) is 15.5 Å². The summed E-state index contributed by atoms with van der Waals surface area (Å²) in [6.45, 7) is 1.65. The van der Waals surface area contributed by atoms with Crippen molar-refractivity contribution >= 4 is 28.8 Å². The van der Waals surface area contributed by atoms with Crippen LogP contribution in [-0.4, -0.2) is 31.7 Å². The summed E-state index contributed by atoms with van der Waals surface area (Å²) < 4.78 is 1.84. The minimum atomic E-state index is -0.670. The molecule has 9 nitrogen and oxygen atoms in total. The Balaban J connectivity index is 1.54. The molecule has 0 spiro atoms. The summed E-state index contributed by atoms with van der Waals surface area (Å²) in [6.07, 6.45) is 1.75. The third kappa shape index (κ3) is 4.87. The smallest absolute Gasteiger partial charge is 0.311 e. The number of para-hydroxylation sites is 2. The van der Waals surface area contributed by atoms with Gasteiger partial charge in [0.25, 0.3) is 5.91 Å². The Labute approximate surface area is 189 Å². The van der Waals surface area contributed by atoms with Crippen molar-refractivity contribution in [2.75, 3.05) is 0 Å². The lowest BCUT2D eigenvalue weighted by molar-refractivity contribution is -0.385. The van der Waals surface area contributed by atoms with Crippen molar-refractivity contribution < 1.29 is 14.8 Å². The van der Waals surface area contributed by atoms with Gasteiger partial charge in [0, 0.05) is 18.1 Å². The summed E-state index contributed by atoms with van der Waals surface area (Å²) in [7, 11) is 0. The van der Waals surface area contributed by atoms with E-state index in [-0.39, 0.29) is 12.1 Å². The van der Waals surface area contributed by atoms with Crippen molar-refractivity contribution in [2.45, 2.75) is 19.9 Å². The predicted octanol–water partition coefficient (Wildman–Crippen LogP) is 3.70. The Morgan fingerprint density at radius 3 is 2.67 bits per heavy atom. The van der Waals surface area contributed by atoms with E-state index < -0.39 is 22.3 Å². The number of nitrogens with one attached hydrogen (secondary N) is 1. The Bertz CT molecular complexity index is 1360. The lowest BCUT2D eigenvalue weighted by Gasteiger charge is -2.08. The van der Waals surface area contributed by atoms with Gasteiger partial charge in [0.2, 0.25) is 5.75 Å². The lowest BCUT2D eigenvalue weighted by Crippen LogP contribution is -2.24. The van der Waals surface area contributed by atoms with Crippen molar-refractivity contribution in [1.82, 2.24) is 15.0 Å². The molecule has 0 saturated heterocycles. The molecular weight excluding hydrogens is 422 g/mol. The highest BCUT2D eigenvalue weighted by Crippen LogP contribution is 2.30. The number of phenolic OH excluding ortho intramolecular Hbond substituents is 1. The zero-order valence-corrected chi connectivity index (χ0v) is 17.8. The second-order valence-electron chi connectivity index (χ2n) is 7.54. The molecule has 166 valence electrons. The van der Waals surface area contributed by atoms with Gasteiger partial charge >= 0.3 is 5.69 Å². The number of phenols is 1. The number of benzene rings is 3. The minimum absolute atomic E-state index is 0.0139. The van der Waals surface area contributed by atoms with Gasteiger partial charge in [-0.3, -0.25) is 14.9 Å². The largest absolute Gasteiger partial charge is 0.502 e. The summed E-state index contributed by atoms with van der Waals surface area (Å²) >= 11 is 0. The van der Waals surface area contributed by atoms with Gasteiger partial charge in [0.15, 0.2) is 0 Å². The molecule has 33 heavy (non-hydrogen) atoms. The Hall–Kier alpha value is -4.53. The fourth-order valence-electron chi connectivity index (χ4n) is 3.59. The van der Waals surface area contributed by atoms with E-state index in [4.69, 9.17) is 0 Å². The molecule has 9 heteroatoms. The van der Waals surface area contributed by atoms with Gasteiger partial charge in [0.05, 0.1) is 22.2 Å². The number of nitro groups is 1. The van der Waals surface area contributed by atoms with Crippen LogP contribution in [0.5, 0.6) is 5.75 Å². The molecule has 1 heterocycles. The van der Waals surface area contributed by atoms with Crippen molar-refractivity contribution in [1.29, 1.82) is 0 Å². The first kappa shape index (κ1) is 21.7. The van der Waals surface area contributed by atoms with Crippen LogP contribution in [-0.2, 0) is 17.8 Å². The molecule has 0 aliphatic heterocycles. The molecular formula is C24H21N5O4. The molecule has 0 radical (unpaired) electrons. The Kier molecular flexibility index (Phi) is 6.12. The number of nitrogens with zero attached hydrogens (tertiary/aromatic N) is 4. The van der Waals surface area contributed by atoms with Crippen LogP contribution >= 0.6 is 0 Å². The van der Waals surface area contributed by atoms with Crippen LogP contribution in [0.15, 0.2) is 71.8 Å². The second-order valence-corrected chi connectivity index (χ2v) is 7.54. The van der Waals surface area contributed by atoms with E-state index in [0.29, 0.717) is 12.0 Å². The van der Waals surface area contributed by atoms with Gasteiger partial charge in [-0.2, -0.15) is 5.10 Å². The number of carbonyl (C=O) groups excluding carboxylic acids is 1. The third-order valence-electron chi connectivity index (χ3n) is 5.09. The first-order chi connectivity index (χ1) is 15.9. The van der Waals surface area contributed by atoms with E-state index in [1.165, 1.54) is 12.3 Å². The van der Waals surface area contributed by atoms with E-state index in [1.54, 1.807) is 13.0 Å². The van der Waals surface area contributed by atoms with Crippen LogP contribution in [0.3, 0.4) is 0 Å². The first-order valence-electron chi connectivity index (χ1n) is 10.2. The highest BCUT2D eigenvalue weighted by atomic mass is 16.6. The average molecular weight is 443 g/mol. The maximum atomic E-state index is 12.6. The molecule has 4 aromatic rings. The van der Waals surface area contributed by atoms with Gasteiger partial charge in [0.1, 0.15) is 12.4 Å². The van der Waals surface area contributed by atoms with Gasteiger partial charge in [-0.1, -0.05) is 42.5 Å². The van der Waals surface area contributed by atoms with Crippen LogP contribution in [0.2, 0.25) is 0 Å². The highest BCUT2D eigenvalue weighted by Gasteiger charge is 2.17. The number of amides is 1. The number of aromatic nitrogens is 2. The molecule has 2 N–H and O–H groups in total. The van der Waals surface area contributed by atoms with Crippen molar-refractivity contribution in [3.8, 4) is 5.75 Å². The van der Waals surface area contributed by atoms with E-state index >= 15 is 0 Å². The van der Waals surface area contributed by atoms with Crippen LogP contribution in [0.1, 0.15) is 22.5 Å². The summed E-state index contributed by atoms with van der Waals surface area (Å²) in [4.78, 5) is 27.7. The molecule has 1 amide bonds. The van der Waals surface area contributed by atoms with Crippen molar-refractivity contribution in [3.63, 3.8) is 0 Å². The quantitative estimate of drug-likeness (QED) is 0.256. The molecule has 0 fully saturated rings. The molecule has 1 aromatic heterocycles. The Morgan fingerprint density at radius 2 is 1.91 bits per heavy atom. The number of fused-ring (bicyclic) bond motifs is 1. The number of nitro benzene ring substituents is 1. The van der Waals surface area contributed by atoms with Crippen LogP contribution < -0.4 is 5.43 Å². The van der Waals surface area contributed by atoms with Gasteiger partial charge in [-0.15, -0.1) is 0 Å². The highest BCUT2D eigenvalue weighted by molar-refractivity contribution is 5.87. The topological polar surface area (TPSA) is 123 Å². The average Bonchev–Trinajstić information content (AvgIpc) is 3.13. The first-order valence-corrected chi connectivity index (χ1v) is 10.2. The summed E-state index contributed by atoms with van der Waals surface area (Å²) in [5.41, 5.74) is 5.42. The SMILES string of the molecule is Cc1cc(/C=N/NC(=O)Cn2c(Cc3ccccc3)nc3ccccc32)c(O)c([N+](=O)[O-])c1. The summed E-state index contributed by atoms with van der Waals surface area (Å²) in [6, 6.07) is 20.2. The van der Waals surface area contributed by atoms with Crippen LogP contribution in [0.4, 0.5) is 5.69 Å². The monoisotopic (exact) mass is 443 g/mol. The molecule has 0 bridgehead atoms. The molecule has 0 saturated carbocycles. The fourth-order valence-corrected chi connectivity index (χ4v) is 3.59. The van der Waals surface area contributed by atoms with Crippen LogP contribution in [0.25, 0.3) is 11.0 Å². The second kappa shape index (κ2) is 9.31. The Morgan fingerprint density at radius 1 is 1.18 bits per heavy atom. The van der Waals surface area contributed by atoms with Gasteiger partial charge < -0.3 is 9.67 Å². The van der Waals surface area contributed by atoms with Gasteiger partial charge in [-0.25, -0.2) is 10.4 Å². The maximum absolute atomic E-state index is 12.6. The number of hydrazone groups is 1. The van der Waals surface area contributed by atoms with E-state index in [0.717, 1.165) is 22.4 Å². The standard InChI is InChI=1S/C24H21N5O4/c1-16-11-18(24(31)21(12-16)29(32)33)14-25-27-23(30)15-28-20-10-6-5-9-19(20)26-22(28)13-17-7-3-2-4-8-17/h2-12,14,31H,13,15H2,1H3,(H,27,30)/b25-14+. The van der Waals surface area contributed by atoms with E-state index in [9.17, 15) is 20.0 Å². The van der Waals surface area contributed by atoms with E-state index in [1.807, 2.05) is 59.2 Å². The molecule has 0 aliphatic rings. The number of hydrogen-bond acceptors (Lipinski definition) is 6. The summed E-state index contributed by atoms with van der Waals surface area (Å²) in [5.74, 6) is -0.159.